The lowest BCUT2D eigenvalue weighted by molar-refractivity contribution is 0.411. The van der Waals surface area contributed by atoms with Crippen molar-refractivity contribution in [3.05, 3.63) is 193 Å². The molecule has 4 heteroatoms. The van der Waals surface area contributed by atoms with E-state index in [1.54, 1.807) is 0 Å². The second-order valence-electron chi connectivity index (χ2n) is 13.2. The lowest BCUT2D eigenvalue weighted by Crippen LogP contribution is -2.45. The quantitative estimate of drug-likeness (QED) is 0.194. The molecule has 51 heavy (non-hydrogen) atoms. The predicted molar refractivity (Wildman–Crippen MR) is 211 cm³/mol. The molecular weight excluding hydrogens is 623 g/mol. The van der Waals surface area contributed by atoms with Crippen molar-refractivity contribution in [1.82, 2.24) is 10.6 Å². The fourth-order valence-corrected chi connectivity index (χ4v) is 7.77. The van der Waals surface area contributed by atoms with Crippen LogP contribution in [0.5, 0.6) is 0 Å². The van der Waals surface area contributed by atoms with E-state index in [-0.39, 0.29) is 12.3 Å². The SMILES string of the molecule is c1ccc(C2=NC(c3c(-c4ccc(-c5ccc6oc7ccccc7c6c5)c5ccccc45)ccc4ccccc34)NC(c3ccccc3)N2)cc1. The first-order valence-corrected chi connectivity index (χ1v) is 17.4. The highest BCUT2D eigenvalue weighted by atomic mass is 16.3. The largest absolute Gasteiger partial charge is 0.456 e. The molecular formula is C47H33N3O. The monoisotopic (exact) mass is 655 g/mol. The Morgan fingerprint density at radius 2 is 1.08 bits per heavy atom. The first kappa shape index (κ1) is 29.4. The Bertz CT molecular complexity index is 2770. The van der Waals surface area contributed by atoms with E-state index in [1.807, 2.05) is 18.2 Å². The van der Waals surface area contributed by atoms with Crippen LogP contribution in [0.4, 0.5) is 0 Å². The molecule has 0 fully saturated rings. The van der Waals surface area contributed by atoms with Crippen LogP contribution in [-0.2, 0) is 0 Å². The van der Waals surface area contributed by atoms with Crippen LogP contribution < -0.4 is 10.6 Å². The average molecular weight is 656 g/mol. The summed E-state index contributed by atoms with van der Waals surface area (Å²) in [5, 5.41) is 14.6. The summed E-state index contributed by atoms with van der Waals surface area (Å²) in [5.74, 6) is 0.870. The molecule has 1 aromatic heterocycles. The van der Waals surface area contributed by atoms with E-state index in [4.69, 9.17) is 9.41 Å². The van der Waals surface area contributed by atoms with Gasteiger partial charge in [-0.3, -0.25) is 5.32 Å². The summed E-state index contributed by atoms with van der Waals surface area (Å²) in [6.07, 6.45) is -0.452. The normalized spacial score (nSPS) is 16.0. The molecule has 9 aromatic rings. The molecule has 4 nitrogen and oxygen atoms in total. The summed E-state index contributed by atoms with van der Waals surface area (Å²) >= 11 is 0. The average Bonchev–Trinajstić information content (AvgIpc) is 3.58. The van der Waals surface area contributed by atoms with Gasteiger partial charge in [0.05, 0.1) is 0 Å². The van der Waals surface area contributed by atoms with Crippen molar-refractivity contribution >= 4 is 49.3 Å². The van der Waals surface area contributed by atoms with Gasteiger partial charge in [-0.15, -0.1) is 0 Å². The fourth-order valence-electron chi connectivity index (χ4n) is 7.77. The Morgan fingerprint density at radius 3 is 1.90 bits per heavy atom. The van der Waals surface area contributed by atoms with Gasteiger partial charge in [-0.05, 0) is 67.6 Å². The molecule has 0 bridgehead atoms. The van der Waals surface area contributed by atoms with Crippen LogP contribution in [0, 0.1) is 0 Å². The Labute approximate surface area is 295 Å². The van der Waals surface area contributed by atoms with Crippen molar-refractivity contribution < 1.29 is 4.42 Å². The second kappa shape index (κ2) is 12.1. The molecule has 2 N–H and O–H groups in total. The van der Waals surface area contributed by atoms with Crippen molar-refractivity contribution in [2.75, 3.05) is 0 Å². The van der Waals surface area contributed by atoms with E-state index in [1.165, 1.54) is 38.2 Å². The molecule has 2 unspecified atom stereocenters. The van der Waals surface area contributed by atoms with Crippen LogP contribution in [-0.4, -0.2) is 5.84 Å². The highest BCUT2D eigenvalue weighted by Gasteiger charge is 2.29. The lowest BCUT2D eigenvalue weighted by Gasteiger charge is -2.33. The van der Waals surface area contributed by atoms with Crippen LogP contribution in [0.2, 0.25) is 0 Å². The molecule has 10 rings (SSSR count). The Hall–Kier alpha value is -6.49. The number of para-hydroxylation sites is 1. The molecule has 2 atom stereocenters. The minimum atomic E-state index is -0.317. The zero-order valence-electron chi connectivity index (χ0n) is 27.8. The molecule has 1 aliphatic rings. The number of nitrogens with zero attached hydrogens (tertiary/aromatic N) is 1. The van der Waals surface area contributed by atoms with Crippen molar-refractivity contribution in [3.8, 4) is 22.3 Å². The zero-order valence-corrected chi connectivity index (χ0v) is 27.8. The molecule has 0 radical (unpaired) electrons. The molecule has 0 spiro atoms. The number of hydrogen-bond donors (Lipinski definition) is 2. The summed E-state index contributed by atoms with van der Waals surface area (Å²) in [5.41, 5.74) is 9.89. The van der Waals surface area contributed by atoms with Gasteiger partial charge in [0.1, 0.15) is 29.3 Å². The van der Waals surface area contributed by atoms with E-state index < -0.39 is 0 Å². The van der Waals surface area contributed by atoms with E-state index in [2.05, 4.69) is 168 Å². The predicted octanol–water partition coefficient (Wildman–Crippen LogP) is 11.6. The molecule has 8 aromatic carbocycles. The molecule has 2 heterocycles. The van der Waals surface area contributed by atoms with Gasteiger partial charge in [-0.1, -0.05) is 158 Å². The van der Waals surface area contributed by atoms with Crippen molar-refractivity contribution in [3.63, 3.8) is 0 Å². The molecule has 0 aliphatic carbocycles. The molecule has 1 aliphatic heterocycles. The summed E-state index contributed by atoms with van der Waals surface area (Å²) in [7, 11) is 0. The van der Waals surface area contributed by atoms with Gasteiger partial charge in [0.25, 0.3) is 0 Å². The second-order valence-corrected chi connectivity index (χ2v) is 13.2. The number of fused-ring (bicyclic) bond motifs is 5. The van der Waals surface area contributed by atoms with Crippen molar-refractivity contribution in [2.45, 2.75) is 12.3 Å². The maximum absolute atomic E-state index is 6.16. The summed E-state index contributed by atoms with van der Waals surface area (Å²) in [6.45, 7) is 0. The third-order valence-electron chi connectivity index (χ3n) is 10.2. The van der Waals surface area contributed by atoms with Crippen LogP contribution in [0.3, 0.4) is 0 Å². The summed E-state index contributed by atoms with van der Waals surface area (Å²) < 4.78 is 6.16. The minimum Gasteiger partial charge on any atom is -0.456 e. The molecule has 0 saturated carbocycles. The van der Waals surface area contributed by atoms with Gasteiger partial charge in [-0.2, -0.15) is 0 Å². The first-order chi connectivity index (χ1) is 25.3. The number of rotatable bonds is 5. The summed E-state index contributed by atoms with van der Waals surface area (Å²) in [6, 6.07) is 62.3. The molecule has 0 saturated heterocycles. The number of hydrogen-bond acceptors (Lipinski definition) is 4. The minimum absolute atomic E-state index is 0.135. The number of furan rings is 1. The van der Waals surface area contributed by atoms with E-state index in [0.29, 0.717) is 0 Å². The lowest BCUT2D eigenvalue weighted by atomic mass is 9.87. The number of nitrogens with one attached hydrogen (secondary N) is 2. The van der Waals surface area contributed by atoms with Gasteiger partial charge in [0.15, 0.2) is 0 Å². The zero-order chi connectivity index (χ0) is 33.7. The fraction of sp³-hybridized carbons (Fsp3) is 0.0426. The third-order valence-corrected chi connectivity index (χ3v) is 10.2. The van der Waals surface area contributed by atoms with Crippen LogP contribution >= 0.6 is 0 Å². The first-order valence-electron chi connectivity index (χ1n) is 17.4. The Morgan fingerprint density at radius 1 is 0.451 bits per heavy atom. The van der Waals surface area contributed by atoms with Gasteiger partial charge in [0, 0.05) is 21.9 Å². The number of aliphatic imine (C=N–C) groups is 1. The third kappa shape index (κ3) is 5.08. The highest BCUT2D eigenvalue weighted by Crippen LogP contribution is 2.43. The number of amidine groups is 1. The highest BCUT2D eigenvalue weighted by molar-refractivity contribution is 6.10. The standard InChI is InChI=1S/C47H33N3O/c1-3-14-31(15-4-1)45-48-46(32-16-5-2-6-17-32)50-47(49-45)44-35-18-8-7-13-30(35)23-25-40(44)38-27-26-34(36-19-9-10-20-37(36)38)33-24-28-43-41(29-33)39-21-11-12-22-42(39)51-43/h1-29,45,47,49H,(H,48,50). The maximum Gasteiger partial charge on any atom is 0.135 e. The van der Waals surface area contributed by atoms with E-state index >= 15 is 0 Å². The molecule has 242 valence electrons. The summed E-state index contributed by atoms with van der Waals surface area (Å²) in [4.78, 5) is 5.41. The van der Waals surface area contributed by atoms with Gasteiger partial charge in [0.2, 0.25) is 0 Å². The van der Waals surface area contributed by atoms with Crippen LogP contribution in [0.1, 0.15) is 29.0 Å². The Kier molecular flexibility index (Phi) is 7.00. The maximum atomic E-state index is 6.16. The Balaban J connectivity index is 1.17. The molecule has 0 amide bonds. The van der Waals surface area contributed by atoms with Crippen LogP contribution in [0.15, 0.2) is 185 Å². The van der Waals surface area contributed by atoms with E-state index in [0.717, 1.165) is 50.0 Å². The van der Waals surface area contributed by atoms with Crippen molar-refractivity contribution in [1.29, 1.82) is 0 Å². The van der Waals surface area contributed by atoms with E-state index in [9.17, 15) is 0 Å². The smallest absolute Gasteiger partial charge is 0.135 e. The topological polar surface area (TPSA) is 49.6 Å². The van der Waals surface area contributed by atoms with Crippen LogP contribution in [0.25, 0.3) is 65.7 Å². The van der Waals surface area contributed by atoms with Gasteiger partial charge >= 0.3 is 0 Å². The van der Waals surface area contributed by atoms with Crippen molar-refractivity contribution in [2.24, 2.45) is 4.99 Å². The van der Waals surface area contributed by atoms with Gasteiger partial charge < -0.3 is 9.73 Å². The number of benzene rings is 8. The van der Waals surface area contributed by atoms with Gasteiger partial charge in [-0.25, -0.2) is 4.99 Å².